The minimum Gasteiger partial charge on any atom is -0.345 e. The first-order valence-corrected chi connectivity index (χ1v) is 12.7. The average Bonchev–Trinajstić information content (AvgIpc) is 3.08. The Balaban J connectivity index is 0.00000126. The summed E-state index contributed by atoms with van der Waals surface area (Å²) >= 11 is 0. The number of quaternary nitrogens is 1. The molecule has 0 bridgehead atoms. The van der Waals surface area contributed by atoms with E-state index in [1.807, 2.05) is 13.1 Å². The summed E-state index contributed by atoms with van der Waals surface area (Å²) in [6.07, 6.45) is -5.34. The molecule has 0 atom stereocenters. The maximum Gasteiger partial charge on any atom is 0.200 e. The number of benzene rings is 4. The van der Waals surface area contributed by atoms with Crippen LogP contribution in [0.5, 0.6) is 0 Å². The van der Waals surface area contributed by atoms with Gasteiger partial charge in [0.25, 0.3) is 0 Å². The van der Waals surface area contributed by atoms with E-state index in [4.69, 9.17) is 0 Å². The summed E-state index contributed by atoms with van der Waals surface area (Å²) in [4.78, 5) is 0. The fourth-order valence-corrected chi connectivity index (χ4v) is 5.04. The molecule has 0 heterocycles. The molecular weight excluding hydrogens is 741 g/mol. The smallest absolute Gasteiger partial charge is 0.200 e. The lowest BCUT2D eigenvalue weighted by Crippen LogP contribution is -2.81. The maximum atomic E-state index is 15.4. The summed E-state index contributed by atoms with van der Waals surface area (Å²) in [5.41, 5.74) is -14.3. The van der Waals surface area contributed by atoms with Crippen LogP contribution in [-0.2, 0) is 0 Å². The molecule has 270 valence electrons. The predicted octanol–water partition coefficient (Wildman–Crippen LogP) is 5.21. The normalized spacial score (nSPS) is 11.5. The molecule has 0 radical (unpaired) electrons. The molecule has 0 saturated carbocycles. The first kappa shape index (κ1) is 39.7. The van der Waals surface area contributed by atoms with Crippen molar-refractivity contribution in [2.24, 2.45) is 0 Å². The Hall–Kier alpha value is -4.76. The molecule has 4 aromatic rings. The molecule has 4 aromatic carbocycles. The van der Waals surface area contributed by atoms with E-state index in [0.717, 1.165) is 6.54 Å². The van der Waals surface area contributed by atoms with Gasteiger partial charge in [0.1, 0.15) is 52.7 Å². The van der Waals surface area contributed by atoms with Crippen molar-refractivity contribution in [3.63, 3.8) is 0 Å². The van der Waals surface area contributed by atoms with Gasteiger partial charge in [-0.15, -0.1) is 21.9 Å². The Kier molecular flexibility index (Phi) is 11.3. The topological polar surface area (TPSA) is 16.6 Å². The van der Waals surface area contributed by atoms with Crippen LogP contribution < -0.4 is 27.2 Å². The molecule has 0 amide bonds. The van der Waals surface area contributed by atoms with Crippen LogP contribution in [0.25, 0.3) is 0 Å². The van der Waals surface area contributed by atoms with Gasteiger partial charge in [-0.25, -0.2) is 87.8 Å². The van der Waals surface area contributed by atoms with Crippen LogP contribution in [-0.4, -0.2) is 19.7 Å². The number of likely N-dealkylation sites (N-methyl/N-ethyl adjacent to an activating group) is 1. The number of nitrogens with two attached hydrogens (primary N) is 1. The second-order valence-electron chi connectivity index (χ2n) is 9.73. The second kappa shape index (κ2) is 14.2. The first-order valence-electron chi connectivity index (χ1n) is 12.7. The monoisotopic (exact) mass is 751 g/mol. The zero-order valence-electron chi connectivity index (χ0n) is 23.7. The fourth-order valence-electron chi connectivity index (χ4n) is 5.04. The maximum absolute atomic E-state index is 15.4. The van der Waals surface area contributed by atoms with Gasteiger partial charge in [0.15, 0.2) is 69.8 Å². The quantitative estimate of drug-likeness (QED) is 0.0918. The molecule has 0 unspecified atom stereocenters. The Morgan fingerprint density at radius 3 is 0.580 bits per heavy atom. The molecule has 50 heavy (non-hydrogen) atoms. The van der Waals surface area contributed by atoms with Crippen LogP contribution in [0.15, 0.2) is 12.7 Å². The highest BCUT2D eigenvalue weighted by Crippen LogP contribution is 2.30. The van der Waals surface area contributed by atoms with Crippen molar-refractivity contribution >= 4 is 28.0 Å². The van der Waals surface area contributed by atoms with Crippen molar-refractivity contribution < 1.29 is 93.1 Å². The van der Waals surface area contributed by atoms with E-state index in [1.165, 1.54) is 0 Å². The van der Waals surface area contributed by atoms with Crippen LogP contribution in [0.2, 0.25) is 0 Å². The van der Waals surface area contributed by atoms with Crippen LogP contribution in [0.3, 0.4) is 0 Å². The number of halogens is 20. The van der Waals surface area contributed by atoms with Crippen LogP contribution in [0.1, 0.15) is 0 Å². The summed E-state index contributed by atoms with van der Waals surface area (Å²) in [6.45, 7) is 4.55. The summed E-state index contributed by atoms with van der Waals surface area (Å²) in [6, 6.07) is 0. The van der Waals surface area contributed by atoms with Crippen molar-refractivity contribution in [1.82, 2.24) is 0 Å². The van der Waals surface area contributed by atoms with E-state index in [-0.39, 0.29) is 0 Å². The van der Waals surface area contributed by atoms with Gasteiger partial charge >= 0.3 is 0 Å². The Labute approximate surface area is 264 Å². The van der Waals surface area contributed by atoms with Crippen molar-refractivity contribution in [1.29, 1.82) is 0 Å². The molecule has 22 heteroatoms. The summed E-state index contributed by atoms with van der Waals surface area (Å²) in [7, 11) is 2.02. The van der Waals surface area contributed by atoms with E-state index >= 15 is 35.1 Å². The molecule has 0 saturated heterocycles. The zero-order chi connectivity index (χ0) is 38.5. The molecule has 4 rings (SSSR count). The number of hydrogen-bond donors (Lipinski definition) is 1. The van der Waals surface area contributed by atoms with Gasteiger partial charge in [-0.3, -0.25) is 0 Å². The minimum absolute atomic E-state index is 1.03. The van der Waals surface area contributed by atoms with Crippen molar-refractivity contribution in [3.05, 3.63) is 129 Å². The van der Waals surface area contributed by atoms with Crippen LogP contribution in [0, 0.1) is 116 Å². The van der Waals surface area contributed by atoms with Crippen LogP contribution in [0.4, 0.5) is 87.8 Å². The van der Waals surface area contributed by atoms with E-state index in [0.29, 0.717) is 0 Å². The van der Waals surface area contributed by atoms with Crippen molar-refractivity contribution in [2.75, 3.05) is 13.6 Å². The molecule has 0 aliphatic heterocycles. The standard InChI is InChI=1S/C24BF20.C4H9N/c26-5-1(6(27)14(35)21(42)13(5)34)25(2-7(28)15(36)22(43)16(37)8(2)29,3-9(30)17(38)23(44)18(39)10(3)31)4-11(32)19(40)24(45)20(41)12(4)33;1-3-4-5-2/h;3,5H,1,4H2,2H3/q-1;/p+1. The number of hydrogen-bond acceptors (Lipinski definition) is 0. The summed E-state index contributed by atoms with van der Waals surface area (Å²) < 4.78 is 294. The lowest BCUT2D eigenvalue weighted by Gasteiger charge is -2.44. The molecular formula is C28H10BF20N. The van der Waals surface area contributed by atoms with E-state index in [2.05, 4.69) is 11.9 Å². The Morgan fingerprint density at radius 2 is 0.480 bits per heavy atom. The fraction of sp³-hybridized carbons (Fsp3) is 0.0714. The van der Waals surface area contributed by atoms with Gasteiger partial charge in [-0.1, -0.05) is 6.58 Å². The Morgan fingerprint density at radius 1 is 0.340 bits per heavy atom. The van der Waals surface area contributed by atoms with Gasteiger partial charge in [0, 0.05) is 0 Å². The molecule has 0 fully saturated rings. The average molecular weight is 751 g/mol. The molecule has 0 aliphatic carbocycles. The van der Waals surface area contributed by atoms with Gasteiger partial charge < -0.3 is 5.32 Å². The Bertz CT molecular complexity index is 1660. The van der Waals surface area contributed by atoms with E-state index < -0.39 is 144 Å². The van der Waals surface area contributed by atoms with Crippen molar-refractivity contribution in [3.8, 4) is 0 Å². The third-order valence-corrected chi connectivity index (χ3v) is 7.11. The minimum atomic E-state index is -7.22. The van der Waals surface area contributed by atoms with Crippen LogP contribution >= 0.6 is 0 Å². The second-order valence-corrected chi connectivity index (χ2v) is 9.73. The molecule has 0 spiro atoms. The van der Waals surface area contributed by atoms with Gasteiger partial charge in [-0.2, -0.15) is 0 Å². The highest BCUT2D eigenvalue weighted by atomic mass is 19.2. The summed E-state index contributed by atoms with van der Waals surface area (Å²) in [5.74, 6) is -71.4. The zero-order valence-corrected chi connectivity index (χ0v) is 23.7. The first-order chi connectivity index (χ1) is 23.1. The lowest BCUT2D eigenvalue weighted by atomic mass is 9.12. The van der Waals surface area contributed by atoms with E-state index in [9.17, 15) is 52.7 Å². The van der Waals surface area contributed by atoms with Crippen molar-refractivity contribution in [2.45, 2.75) is 0 Å². The predicted molar refractivity (Wildman–Crippen MR) is 132 cm³/mol. The third kappa shape index (κ3) is 5.61. The van der Waals surface area contributed by atoms with Gasteiger partial charge in [0.2, 0.25) is 0 Å². The largest absolute Gasteiger partial charge is 0.345 e. The number of rotatable bonds is 6. The molecule has 0 aromatic heterocycles. The highest BCUT2D eigenvalue weighted by Gasteiger charge is 2.52. The lowest BCUT2D eigenvalue weighted by molar-refractivity contribution is -0.617. The molecule has 1 nitrogen and oxygen atoms in total. The molecule has 0 aliphatic rings. The third-order valence-electron chi connectivity index (χ3n) is 7.11. The van der Waals surface area contributed by atoms with Gasteiger partial charge in [0.05, 0.1) is 13.6 Å². The van der Waals surface area contributed by atoms with E-state index in [1.54, 1.807) is 0 Å². The summed E-state index contributed by atoms with van der Waals surface area (Å²) in [5, 5.41) is 2.06. The highest BCUT2D eigenvalue weighted by molar-refractivity contribution is 7.20. The van der Waals surface area contributed by atoms with Gasteiger partial charge in [-0.05, 0) is 6.08 Å². The molecule has 2 N–H and O–H groups in total. The SMILES string of the molecule is C=CC[NH2+]C.Fc1c(F)c(F)c([B-](c2c(F)c(F)c(F)c(F)c2F)(c2c(F)c(F)c(F)c(F)c2F)c2c(F)c(F)c(F)c(F)c2F)c(F)c1F.